The van der Waals surface area contributed by atoms with E-state index in [2.05, 4.69) is 11.5 Å². The molecule has 0 radical (unpaired) electrons. The van der Waals surface area contributed by atoms with Gasteiger partial charge in [-0.05, 0) is 69.5 Å². The molecule has 0 unspecified atom stereocenters. The number of aromatic carboxylic acids is 1. The van der Waals surface area contributed by atoms with Crippen molar-refractivity contribution in [3.8, 4) is 0 Å². The van der Waals surface area contributed by atoms with Crippen LogP contribution in [0.1, 0.15) is 40.0 Å². The Labute approximate surface area is 130 Å². The highest BCUT2D eigenvalue weighted by atomic mass is 16.4. The molecule has 1 aromatic carbocycles. The smallest absolute Gasteiger partial charge is 0.336 e. The largest absolute Gasteiger partial charge is 0.478 e. The monoisotopic (exact) mass is 303 g/mol. The van der Waals surface area contributed by atoms with Gasteiger partial charge in [-0.1, -0.05) is 0 Å². The first kappa shape index (κ1) is 16.5. The van der Waals surface area contributed by atoms with Gasteiger partial charge < -0.3 is 21.1 Å². The molecule has 0 amide bonds. The Morgan fingerprint density at radius 3 is 2.45 bits per heavy atom. The van der Waals surface area contributed by atoms with Crippen LogP contribution in [0.3, 0.4) is 0 Å². The van der Waals surface area contributed by atoms with Crippen molar-refractivity contribution in [3.05, 3.63) is 34.5 Å². The van der Waals surface area contributed by atoms with Gasteiger partial charge in [0.15, 0.2) is 0 Å². The first-order valence-corrected chi connectivity index (χ1v) is 7.77. The Bertz CT molecular complexity index is 689. The number of aryl methyl sites for hydroxylation is 3. The molecule has 0 aliphatic heterocycles. The summed E-state index contributed by atoms with van der Waals surface area (Å²) in [6.07, 6.45) is 2.72. The van der Waals surface area contributed by atoms with Gasteiger partial charge in [0.2, 0.25) is 0 Å². The minimum atomic E-state index is -0.882. The number of fused-ring (bicyclic) bond motifs is 1. The van der Waals surface area contributed by atoms with E-state index in [1.54, 1.807) is 6.07 Å². The van der Waals surface area contributed by atoms with Crippen LogP contribution < -0.4 is 11.5 Å². The second-order valence-corrected chi connectivity index (χ2v) is 5.74. The fourth-order valence-corrected chi connectivity index (χ4v) is 3.06. The van der Waals surface area contributed by atoms with E-state index in [1.807, 2.05) is 13.0 Å². The van der Waals surface area contributed by atoms with Crippen molar-refractivity contribution in [1.82, 2.24) is 4.57 Å². The van der Waals surface area contributed by atoms with E-state index >= 15 is 0 Å². The minimum absolute atomic E-state index is 0.365. The van der Waals surface area contributed by atoms with Crippen LogP contribution >= 0.6 is 0 Å². The standard InChI is InChI=1S/C17H25N3O2/c1-11-9-15-13(5-3-6-18)12(2)20(8-4-7-19)16(15)10-14(11)17(21)22/h9-10H,3-8,18-19H2,1-2H3,(H,21,22). The summed E-state index contributed by atoms with van der Waals surface area (Å²) < 4.78 is 2.19. The van der Waals surface area contributed by atoms with Gasteiger partial charge in [-0.15, -0.1) is 0 Å². The maximum atomic E-state index is 11.4. The molecule has 0 fully saturated rings. The molecule has 0 spiro atoms. The Kier molecular flexibility index (Phi) is 5.21. The summed E-state index contributed by atoms with van der Waals surface area (Å²) in [5.41, 5.74) is 15.9. The summed E-state index contributed by atoms with van der Waals surface area (Å²) in [4.78, 5) is 11.4. The summed E-state index contributed by atoms with van der Waals surface area (Å²) in [6, 6.07) is 3.79. The van der Waals surface area contributed by atoms with Crippen LogP contribution in [0.25, 0.3) is 10.9 Å². The number of benzene rings is 1. The molecule has 2 aromatic rings. The molecule has 5 N–H and O–H groups in total. The number of rotatable bonds is 7. The number of hydrogen-bond acceptors (Lipinski definition) is 3. The van der Waals surface area contributed by atoms with Crippen molar-refractivity contribution in [2.45, 2.75) is 39.7 Å². The van der Waals surface area contributed by atoms with Crippen LogP contribution in [-0.2, 0) is 13.0 Å². The van der Waals surface area contributed by atoms with Crippen molar-refractivity contribution >= 4 is 16.9 Å². The Balaban J connectivity index is 2.65. The lowest BCUT2D eigenvalue weighted by Gasteiger charge is -2.08. The molecule has 0 aliphatic carbocycles. The molecule has 5 heteroatoms. The Hall–Kier alpha value is -1.85. The van der Waals surface area contributed by atoms with Crippen molar-refractivity contribution in [1.29, 1.82) is 0 Å². The van der Waals surface area contributed by atoms with Crippen LogP contribution in [0.2, 0.25) is 0 Å². The van der Waals surface area contributed by atoms with Crippen molar-refractivity contribution < 1.29 is 9.90 Å². The molecule has 1 heterocycles. The fourth-order valence-electron chi connectivity index (χ4n) is 3.06. The van der Waals surface area contributed by atoms with Crippen molar-refractivity contribution in [2.24, 2.45) is 11.5 Å². The van der Waals surface area contributed by atoms with Gasteiger partial charge in [-0.25, -0.2) is 4.79 Å². The topological polar surface area (TPSA) is 94.3 Å². The van der Waals surface area contributed by atoms with E-state index in [0.29, 0.717) is 18.7 Å². The third-order valence-corrected chi connectivity index (χ3v) is 4.25. The van der Waals surface area contributed by atoms with E-state index in [0.717, 1.165) is 42.3 Å². The number of carboxylic acids is 1. The highest BCUT2D eigenvalue weighted by Crippen LogP contribution is 2.30. The molecule has 0 bridgehead atoms. The van der Waals surface area contributed by atoms with Crippen LogP contribution in [-0.4, -0.2) is 28.7 Å². The van der Waals surface area contributed by atoms with E-state index in [-0.39, 0.29) is 0 Å². The molecule has 2 rings (SSSR count). The zero-order valence-corrected chi connectivity index (χ0v) is 13.4. The van der Waals surface area contributed by atoms with Gasteiger partial charge in [-0.2, -0.15) is 0 Å². The van der Waals surface area contributed by atoms with E-state index < -0.39 is 5.97 Å². The summed E-state index contributed by atoms with van der Waals surface area (Å²) >= 11 is 0. The summed E-state index contributed by atoms with van der Waals surface area (Å²) in [5.74, 6) is -0.882. The second-order valence-electron chi connectivity index (χ2n) is 5.74. The molecular formula is C17H25N3O2. The average Bonchev–Trinajstić information content (AvgIpc) is 2.73. The van der Waals surface area contributed by atoms with Crippen LogP contribution in [0.15, 0.2) is 12.1 Å². The Morgan fingerprint density at radius 1 is 1.18 bits per heavy atom. The van der Waals surface area contributed by atoms with Gasteiger partial charge >= 0.3 is 5.97 Å². The van der Waals surface area contributed by atoms with Crippen molar-refractivity contribution in [2.75, 3.05) is 13.1 Å². The van der Waals surface area contributed by atoms with Crippen LogP contribution in [0.4, 0.5) is 0 Å². The normalized spacial score (nSPS) is 11.3. The average molecular weight is 303 g/mol. The number of carboxylic acid groups (broad SMARTS) is 1. The van der Waals surface area contributed by atoms with Gasteiger partial charge in [0.05, 0.1) is 5.56 Å². The SMILES string of the molecule is Cc1cc2c(CCCN)c(C)n(CCCN)c2cc1C(=O)O. The second kappa shape index (κ2) is 6.94. The lowest BCUT2D eigenvalue weighted by molar-refractivity contribution is 0.0696. The number of nitrogens with zero attached hydrogens (tertiary/aromatic N) is 1. The lowest BCUT2D eigenvalue weighted by atomic mass is 10.0. The molecular weight excluding hydrogens is 278 g/mol. The number of carbonyl (C=O) groups is 1. The van der Waals surface area contributed by atoms with E-state index in [4.69, 9.17) is 11.5 Å². The molecule has 0 aliphatic rings. The van der Waals surface area contributed by atoms with E-state index in [9.17, 15) is 9.90 Å². The number of aromatic nitrogens is 1. The quantitative estimate of drug-likeness (QED) is 0.731. The van der Waals surface area contributed by atoms with Gasteiger partial charge in [-0.3, -0.25) is 0 Å². The zero-order valence-electron chi connectivity index (χ0n) is 13.4. The first-order valence-electron chi connectivity index (χ1n) is 7.77. The zero-order chi connectivity index (χ0) is 16.3. The molecule has 0 atom stereocenters. The van der Waals surface area contributed by atoms with E-state index in [1.165, 1.54) is 11.3 Å². The third-order valence-electron chi connectivity index (χ3n) is 4.25. The highest BCUT2D eigenvalue weighted by molar-refractivity contribution is 5.97. The molecule has 120 valence electrons. The summed E-state index contributed by atoms with van der Waals surface area (Å²) in [7, 11) is 0. The number of nitrogens with two attached hydrogens (primary N) is 2. The van der Waals surface area contributed by atoms with Gasteiger partial charge in [0, 0.05) is 23.1 Å². The number of hydrogen-bond donors (Lipinski definition) is 3. The fraction of sp³-hybridized carbons (Fsp3) is 0.471. The van der Waals surface area contributed by atoms with Gasteiger partial charge in [0.25, 0.3) is 0 Å². The maximum Gasteiger partial charge on any atom is 0.336 e. The van der Waals surface area contributed by atoms with Crippen LogP contribution in [0.5, 0.6) is 0 Å². The molecule has 22 heavy (non-hydrogen) atoms. The summed E-state index contributed by atoms with van der Waals surface area (Å²) in [5, 5.41) is 10.5. The molecule has 1 aromatic heterocycles. The first-order chi connectivity index (χ1) is 10.5. The Morgan fingerprint density at radius 2 is 1.86 bits per heavy atom. The molecule has 0 saturated heterocycles. The molecule has 5 nitrogen and oxygen atoms in total. The van der Waals surface area contributed by atoms with Crippen LogP contribution in [0, 0.1) is 13.8 Å². The van der Waals surface area contributed by atoms with Gasteiger partial charge in [0.1, 0.15) is 0 Å². The predicted molar refractivity (Wildman–Crippen MR) is 89.4 cm³/mol. The predicted octanol–water partition coefficient (Wildman–Crippen LogP) is 2.20. The minimum Gasteiger partial charge on any atom is -0.478 e. The summed E-state index contributed by atoms with van der Waals surface area (Å²) in [6.45, 7) is 6.03. The molecule has 0 saturated carbocycles. The van der Waals surface area contributed by atoms with Crippen molar-refractivity contribution in [3.63, 3.8) is 0 Å². The third kappa shape index (κ3) is 3.00. The lowest BCUT2D eigenvalue weighted by Crippen LogP contribution is -2.08. The highest BCUT2D eigenvalue weighted by Gasteiger charge is 2.17. The maximum absolute atomic E-state index is 11.4.